The van der Waals surface area contributed by atoms with Gasteiger partial charge in [0.1, 0.15) is 0 Å². The smallest absolute Gasteiger partial charge is 0.315 e. The second-order valence-electron chi connectivity index (χ2n) is 5.62. The molecule has 2 unspecified atom stereocenters. The number of amides is 2. The highest BCUT2D eigenvalue weighted by molar-refractivity contribution is 5.74. The Morgan fingerprint density at radius 2 is 2.00 bits per heavy atom. The molecule has 3 N–H and O–H groups in total. The zero-order valence-electron chi connectivity index (χ0n) is 12.4. The fraction of sp³-hybridized carbons (Fsp3) is 0.857. The van der Waals surface area contributed by atoms with Crippen LogP contribution in [0.15, 0.2) is 0 Å². The van der Waals surface area contributed by atoms with E-state index in [1.54, 1.807) is 0 Å². The van der Waals surface area contributed by atoms with Crippen LogP contribution in [-0.4, -0.2) is 41.9 Å². The van der Waals surface area contributed by atoms with Crippen molar-refractivity contribution >= 4 is 12.0 Å². The predicted molar refractivity (Wildman–Crippen MR) is 75.7 cm³/mol. The topological polar surface area (TPSA) is 87.7 Å². The van der Waals surface area contributed by atoms with Crippen molar-refractivity contribution in [2.24, 2.45) is 0 Å². The third-order valence-electron chi connectivity index (χ3n) is 3.89. The molecule has 20 heavy (non-hydrogen) atoms. The van der Waals surface area contributed by atoms with Crippen LogP contribution < -0.4 is 10.6 Å². The first kappa shape index (κ1) is 16.8. The number of carbonyl (C=O) groups is 2. The van der Waals surface area contributed by atoms with Crippen molar-refractivity contribution in [3.8, 4) is 0 Å². The molecular formula is C14H26N2O4. The lowest BCUT2D eigenvalue weighted by atomic mass is 9.95. The first-order valence-corrected chi connectivity index (χ1v) is 7.33. The van der Waals surface area contributed by atoms with Gasteiger partial charge in [-0.1, -0.05) is 12.8 Å². The van der Waals surface area contributed by atoms with Crippen LogP contribution in [0.25, 0.3) is 0 Å². The van der Waals surface area contributed by atoms with E-state index in [1.165, 1.54) is 0 Å². The van der Waals surface area contributed by atoms with Gasteiger partial charge in [0, 0.05) is 19.6 Å². The average Bonchev–Trinajstić information content (AvgIpc) is 2.67. The zero-order valence-corrected chi connectivity index (χ0v) is 12.4. The third kappa shape index (κ3) is 5.77. The van der Waals surface area contributed by atoms with E-state index in [0.29, 0.717) is 19.6 Å². The molecule has 1 rings (SSSR count). The van der Waals surface area contributed by atoms with Crippen LogP contribution in [0.5, 0.6) is 0 Å². The molecule has 0 bridgehead atoms. The second-order valence-corrected chi connectivity index (χ2v) is 5.62. The van der Waals surface area contributed by atoms with Gasteiger partial charge in [-0.25, -0.2) is 4.79 Å². The second kappa shape index (κ2) is 8.09. The summed E-state index contributed by atoms with van der Waals surface area (Å²) in [5.41, 5.74) is -0.286. The first-order chi connectivity index (χ1) is 9.44. The molecule has 0 saturated carbocycles. The number of carbonyl (C=O) groups excluding carboxylic acids is 1. The van der Waals surface area contributed by atoms with Gasteiger partial charge in [0.2, 0.25) is 0 Å². The molecule has 6 nitrogen and oxygen atoms in total. The van der Waals surface area contributed by atoms with Gasteiger partial charge in [-0.05, 0) is 33.1 Å². The molecule has 2 amide bonds. The fourth-order valence-corrected chi connectivity index (χ4v) is 2.26. The summed E-state index contributed by atoms with van der Waals surface area (Å²) < 4.78 is 5.47. The van der Waals surface area contributed by atoms with Gasteiger partial charge in [0.15, 0.2) is 0 Å². The van der Waals surface area contributed by atoms with Crippen LogP contribution in [0.1, 0.15) is 52.4 Å². The van der Waals surface area contributed by atoms with Crippen LogP contribution in [0, 0.1) is 0 Å². The Hall–Kier alpha value is -1.30. The molecule has 0 aromatic heterocycles. The Morgan fingerprint density at radius 3 is 2.60 bits per heavy atom. The maximum atomic E-state index is 11.8. The summed E-state index contributed by atoms with van der Waals surface area (Å²) in [6.45, 7) is 5.26. The molecule has 2 atom stereocenters. The minimum absolute atomic E-state index is 0.0317. The zero-order chi connectivity index (χ0) is 15.0. The lowest BCUT2D eigenvalue weighted by Gasteiger charge is -2.28. The summed E-state index contributed by atoms with van der Waals surface area (Å²) in [4.78, 5) is 22.1. The number of rotatable bonds is 8. The van der Waals surface area contributed by atoms with E-state index in [4.69, 9.17) is 9.84 Å². The van der Waals surface area contributed by atoms with E-state index in [1.807, 2.05) is 13.8 Å². The molecule has 116 valence electrons. The summed E-state index contributed by atoms with van der Waals surface area (Å²) in [5.74, 6) is -0.747. The lowest BCUT2D eigenvalue weighted by molar-refractivity contribution is -0.137. The summed E-state index contributed by atoms with van der Waals surface area (Å²) in [6.07, 6.45) is 4.48. The average molecular weight is 286 g/mol. The molecular weight excluding hydrogens is 260 g/mol. The Balaban J connectivity index is 2.04. The Morgan fingerprint density at radius 1 is 1.30 bits per heavy atom. The van der Waals surface area contributed by atoms with Gasteiger partial charge in [0.05, 0.1) is 11.6 Å². The van der Waals surface area contributed by atoms with Crippen LogP contribution in [0.2, 0.25) is 0 Å². The van der Waals surface area contributed by atoms with E-state index in [9.17, 15) is 9.59 Å². The number of carboxylic acid groups (broad SMARTS) is 1. The van der Waals surface area contributed by atoms with E-state index in [0.717, 1.165) is 25.7 Å². The highest BCUT2D eigenvalue weighted by atomic mass is 16.5. The lowest BCUT2D eigenvalue weighted by Crippen LogP contribution is -2.54. The van der Waals surface area contributed by atoms with Crippen molar-refractivity contribution in [2.75, 3.05) is 13.2 Å². The number of unbranched alkanes of at least 4 members (excludes halogenated alkanes) is 3. The molecule has 0 spiro atoms. The fourth-order valence-electron chi connectivity index (χ4n) is 2.26. The van der Waals surface area contributed by atoms with E-state index < -0.39 is 5.97 Å². The molecule has 1 aliphatic heterocycles. The maximum Gasteiger partial charge on any atom is 0.315 e. The van der Waals surface area contributed by atoms with E-state index >= 15 is 0 Å². The summed E-state index contributed by atoms with van der Waals surface area (Å²) in [6, 6.07) is -0.157. The molecule has 0 aromatic rings. The first-order valence-electron chi connectivity index (χ1n) is 7.33. The minimum Gasteiger partial charge on any atom is -0.481 e. The SMILES string of the molecule is CC1OCCC1(C)NC(=O)NCCCCCCC(=O)O. The van der Waals surface area contributed by atoms with Gasteiger partial charge in [-0.3, -0.25) is 4.79 Å². The van der Waals surface area contributed by atoms with Crippen LogP contribution in [-0.2, 0) is 9.53 Å². The minimum atomic E-state index is -0.747. The van der Waals surface area contributed by atoms with Crippen molar-refractivity contribution < 1.29 is 19.4 Å². The van der Waals surface area contributed by atoms with Gasteiger partial charge in [-0.15, -0.1) is 0 Å². The molecule has 1 aliphatic rings. The number of ether oxygens (including phenoxy) is 1. The van der Waals surface area contributed by atoms with Crippen molar-refractivity contribution in [3.63, 3.8) is 0 Å². The van der Waals surface area contributed by atoms with Crippen LogP contribution >= 0.6 is 0 Å². The molecule has 1 heterocycles. The monoisotopic (exact) mass is 286 g/mol. The summed E-state index contributed by atoms with van der Waals surface area (Å²) in [7, 11) is 0. The van der Waals surface area contributed by atoms with Gasteiger partial charge >= 0.3 is 12.0 Å². The number of nitrogens with one attached hydrogen (secondary N) is 2. The Bertz CT molecular complexity index is 335. The molecule has 0 aromatic carbocycles. The van der Waals surface area contributed by atoms with E-state index in [2.05, 4.69) is 10.6 Å². The summed E-state index contributed by atoms with van der Waals surface area (Å²) in [5, 5.41) is 14.3. The molecule has 0 aliphatic carbocycles. The largest absolute Gasteiger partial charge is 0.481 e. The number of hydrogen-bond acceptors (Lipinski definition) is 3. The Kier molecular flexibility index (Phi) is 6.78. The summed E-state index contributed by atoms with van der Waals surface area (Å²) >= 11 is 0. The standard InChI is InChI=1S/C14H26N2O4/c1-11-14(2,8-10-20-11)16-13(19)15-9-6-4-3-5-7-12(17)18/h11H,3-10H2,1-2H3,(H,17,18)(H2,15,16,19). The van der Waals surface area contributed by atoms with Crippen molar-refractivity contribution in [1.29, 1.82) is 0 Å². The van der Waals surface area contributed by atoms with E-state index in [-0.39, 0.29) is 24.1 Å². The number of urea groups is 1. The number of carboxylic acids is 1. The predicted octanol–water partition coefficient (Wildman–Crippen LogP) is 1.89. The van der Waals surface area contributed by atoms with Crippen molar-refractivity contribution in [2.45, 2.75) is 64.0 Å². The van der Waals surface area contributed by atoms with Crippen molar-refractivity contribution in [1.82, 2.24) is 10.6 Å². The van der Waals surface area contributed by atoms with Crippen molar-refractivity contribution in [3.05, 3.63) is 0 Å². The van der Waals surface area contributed by atoms with Crippen LogP contribution in [0.3, 0.4) is 0 Å². The van der Waals surface area contributed by atoms with Gasteiger partial charge in [-0.2, -0.15) is 0 Å². The van der Waals surface area contributed by atoms with Gasteiger partial charge in [0.25, 0.3) is 0 Å². The molecule has 1 fully saturated rings. The van der Waals surface area contributed by atoms with Gasteiger partial charge < -0.3 is 20.5 Å². The highest BCUT2D eigenvalue weighted by Gasteiger charge is 2.38. The molecule has 0 radical (unpaired) electrons. The third-order valence-corrected chi connectivity index (χ3v) is 3.89. The maximum absolute atomic E-state index is 11.8. The molecule has 1 saturated heterocycles. The molecule has 6 heteroatoms. The highest BCUT2D eigenvalue weighted by Crippen LogP contribution is 2.24. The van der Waals surface area contributed by atoms with Crippen LogP contribution in [0.4, 0.5) is 4.79 Å². The normalized spacial score (nSPS) is 25.4. The number of aliphatic carboxylic acids is 1. The number of hydrogen-bond donors (Lipinski definition) is 3. The quantitative estimate of drug-likeness (QED) is 0.595. The Labute approximate surface area is 120 Å².